The number of alkyl halides is 3. The van der Waals surface area contributed by atoms with Crippen LogP contribution in [-0.4, -0.2) is 25.7 Å². The number of hydrogen-bond acceptors (Lipinski definition) is 4. The molecule has 32 heavy (non-hydrogen) atoms. The van der Waals surface area contributed by atoms with Crippen molar-refractivity contribution in [2.24, 2.45) is 0 Å². The highest BCUT2D eigenvalue weighted by atomic mass is 32.1. The van der Waals surface area contributed by atoms with Gasteiger partial charge in [-0.05, 0) is 49.4 Å². The Morgan fingerprint density at radius 2 is 1.88 bits per heavy atom. The van der Waals surface area contributed by atoms with E-state index in [9.17, 15) is 22.8 Å². The molecule has 0 bridgehead atoms. The molecule has 5 rings (SSSR count). The number of aromatic amines is 2. The van der Waals surface area contributed by atoms with Gasteiger partial charge in [-0.2, -0.15) is 18.3 Å². The number of fused-ring (bicyclic) bond motifs is 2. The number of hydrogen-bond donors (Lipinski definition) is 3. The molecule has 0 fully saturated rings. The number of amides is 1. The molecule has 1 amide bonds. The SMILES string of the molecule is Cc1nn(-c2cccc(C(F)(F)F)c2)c2sc(C(=O)Nc3ccc4[nH]c(=O)[nH]c4c3)cc12. The molecular weight excluding hydrogens is 443 g/mol. The Kier molecular flexibility index (Phi) is 4.45. The Morgan fingerprint density at radius 1 is 1.09 bits per heavy atom. The normalized spacial score (nSPS) is 12.0. The molecule has 3 aromatic heterocycles. The average Bonchev–Trinajstić information content (AvgIpc) is 3.41. The highest BCUT2D eigenvalue weighted by Gasteiger charge is 2.31. The number of rotatable bonds is 3. The standard InChI is InChI=1S/C21H14F3N5O2S/c1-10-14-9-17(18(30)25-12-5-6-15-16(8-12)27-20(31)26-15)32-19(14)29(28-10)13-4-2-3-11(7-13)21(22,23)24/h2-9H,1H3,(H,25,30)(H2,26,27,31). The number of halogens is 3. The summed E-state index contributed by atoms with van der Waals surface area (Å²) in [7, 11) is 0. The van der Waals surface area contributed by atoms with Crippen LogP contribution in [0.1, 0.15) is 20.9 Å². The van der Waals surface area contributed by atoms with E-state index in [1.165, 1.54) is 16.8 Å². The van der Waals surface area contributed by atoms with Crippen LogP contribution in [0.2, 0.25) is 0 Å². The first-order valence-electron chi connectivity index (χ1n) is 9.39. The van der Waals surface area contributed by atoms with Crippen molar-refractivity contribution in [3.63, 3.8) is 0 Å². The van der Waals surface area contributed by atoms with Crippen molar-refractivity contribution in [3.8, 4) is 5.69 Å². The van der Waals surface area contributed by atoms with Gasteiger partial charge in [0.25, 0.3) is 5.91 Å². The smallest absolute Gasteiger partial charge is 0.321 e. The number of benzene rings is 2. The van der Waals surface area contributed by atoms with Gasteiger partial charge in [-0.15, -0.1) is 11.3 Å². The third-order valence-electron chi connectivity index (χ3n) is 4.96. The predicted molar refractivity (Wildman–Crippen MR) is 116 cm³/mol. The van der Waals surface area contributed by atoms with Gasteiger partial charge >= 0.3 is 11.9 Å². The minimum atomic E-state index is -4.47. The lowest BCUT2D eigenvalue weighted by Crippen LogP contribution is -2.10. The molecule has 2 aromatic carbocycles. The molecule has 0 unspecified atom stereocenters. The Bertz CT molecular complexity index is 1560. The molecule has 3 heterocycles. The van der Waals surface area contributed by atoms with Gasteiger partial charge in [0, 0.05) is 11.1 Å². The third kappa shape index (κ3) is 3.46. The zero-order valence-electron chi connectivity index (χ0n) is 16.4. The Morgan fingerprint density at radius 3 is 2.66 bits per heavy atom. The van der Waals surface area contributed by atoms with Crippen LogP contribution < -0.4 is 11.0 Å². The summed E-state index contributed by atoms with van der Waals surface area (Å²) < 4.78 is 40.8. The number of aryl methyl sites for hydroxylation is 1. The molecule has 162 valence electrons. The molecule has 11 heteroatoms. The van der Waals surface area contributed by atoms with E-state index < -0.39 is 11.7 Å². The van der Waals surface area contributed by atoms with E-state index in [4.69, 9.17) is 0 Å². The van der Waals surface area contributed by atoms with Crippen molar-refractivity contribution in [3.05, 3.63) is 75.1 Å². The maximum atomic E-state index is 13.1. The largest absolute Gasteiger partial charge is 0.416 e. The third-order valence-corrected chi connectivity index (χ3v) is 6.07. The maximum Gasteiger partial charge on any atom is 0.416 e. The Labute approximate surface area is 181 Å². The number of anilines is 1. The highest BCUT2D eigenvalue weighted by Crippen LogP contribution is 2.34. The van der Waals surface area contributed by atoms with Crippen LogP contribution in [0.15, 0.2) is 53.3 Å². The number of nitrogens with one attached hydrogen (secondary N) is 3. The minimum Gasteiger partial charge on any atom is -0.321 e. The summed E-state index contributed by atoms with van der Waals surface area (Å²) in [6, 6.07) is 11.5. The summed E-state index contributed by atoms with van der Waals surface area (Å²) in [5.41, 5.74) is 1.40. The fourth-order valence-electron chi connectivity index (χ4n) is 3.45. The monoisotopic (exact) mass is 457 g/mol. The molecule has 0 atom stereocenters. The minimum absolute atomic E-state index is 0.258. The fourth-order valence-corrected chi connectivity index (χ4v) is 4.53. The molecule has 7 nitrogen and oxygen atoms in total. The maximum absolute atomic E-state index is 13.1. The summed E-state index contributed by atoms with van der Waals surface area (Å²) in [4.78, 5) is 30.4. The summed E-state index contributed by atoms with van der Waals surface area (Å²) >= 11 is 1.13. The summed E-state index contributed by atoms with van der Waals surface area (Å²) in [5.74, 6) is -0.376. The summed E-state index contributed by atoms with van der Waals surface area (Å²) in [6.07, 6.45) is -4.47. The first-order chi connectivity index (χ1) is 15.2. The molecule has 0 saturated carbocycles. The summed E-state index contributed by atoms with van der Waals surface area (Å²) in [6.45, 7) is 1.73. The van der Waals surface area contributed by atoms with Crippen molar-refractivity contribution in [2.45, 2.75) is 13.1 Å². The number of H-pyrrole nitrogens is 2. The van der Waals surface area contributed by atoms with Crippen molar-refractivity contribution in [2.75, 3.05) is 5.32 Å². The van der Waals surface area contributed by atoms with Gasteiger partial charge < -0.3 is 15.3 Å². The van der Waals surface area contributed by atoms with Crippen LogP contribution in [0.25, 0.3) is 26.9 Å². The van der Waals surface area contributed by atoms with Gasteiger partial charge in [-0.1, -0.05) is 6.07 Å². The zero-order valence-corrected chi connectivity index (χ0v) is 17.2. The second-order valence-corrected chi connectivity index (χ2v) is 8.20. The van der Waals surface area contributed by atoms with Crippen LogP contribution in [0.4, 0.5) is 18.9 Å². The lowest BCUT2D eigenvalue weighted by molar-refractivity contribution is -0.137. The van der Waals surface area contributed by atoms with Crippen LogP contribution >= 0.6 is 11.3 Å². The van der Waals surface area contributed by atoms with Gasteiger partial charge in [0.2, 0.25) is 0 Å². The van der Waals surface area contributed by atoms with Gasteiger partial charge in [0.1, 0.15) is 4.83 Å². The quantitative estimate of drug-likeness (QED) is 0.362. The molecule has 0 aliphatic carbocycles. The van der Waals surface area contributed by atoms with Gasteiger partial charge in [-0.3, -0.25) is 4.79 Å². The highest BCUT2D eigenvalue weighted by molar-refractivity contribution is 7.20. The van der Waals surface area contributed by atoms with E-state index in [0.717, 1.165) is 23.5 Å². The first-order valence-corrected chi connectivity index (χ1v) is 10.2. The van der Waals surface area contributed by atoms with Gasteiger partial charge in [-0.25, -0.2) is 9.48 Å². The fraction of sp³-hybridized carbons (Fsp3) is 0.0952. The summed E-state index contributed by atoms with van der Waals surface area (Å²) in [5, 5.41) is 7.81. The number of carbonyl (C=O) groups excluding carboxylic acids is 1. The van der Waals surface area contributed by atoms with Crippen molar-refractivity contribution < 1.29 is 18.0 Å². The molecule has 0 saturated heterocycles. The molecule has 0 radical (unpaired) electrons. The molecule has 0 aliphatic rings. The number of nitrogens with zero attached hydrogens (tertiary/aromatic N) is 2. The van der Waals surface area contributed by atoms with E-state index in [0.29, 0.717) is 37.5 Å². The van der Waals surface area contributed by atoms with Crippen LogP contribution in [0.5, 0.6) is 0 Å². The van der Waals surface area contributed by atoms with Gasteiger partial charge in [0.05, 0.1) is 32.9 Å². The zero-order chi connectivity index (χ0) is 22.6. The van der Waals surface area contributed by atoms with Crippen molar-refractivity contribution in [1.82, 2.24) is 19.7 Å². The predicted octanol–water partition coefficient (Wildman–Crippen LogP) is 4.84. The number of carbonyl (C=O) groups is 1. The van der Waals surface area contributed by atoms with E-state index in [1.54, 1.807) is 31.2 Å². The average molecular weight is 457 g/mol. The van der Waals surface area contributed by atoms with Crippen molar-refractivity contribution >= 4 is 44.2 Å². The second-order valence-electron chi connectivity index (χ2n) is 7.17. The van der Waals surface area contributed by atoms with Crippen LogP contribution in [0, 0.1) is 6.92 Å². The molecule has 0 aliphatic heterocycles. The van der Waals surface area contributed by atoms with E-state index in [2.05, 4.69) is 20.4 Å². The second kappa shape index (κ2) is 7.09. The Balaban J connectivity index is 1.49. The van der Waals surface area contributed by atoms with Crippen molar-refractivity contribution in [1.29, 1.82) is 0 Å². The molecule has 3 N–H and O–H groups in total. The lowest BCUT2D eigenvalue weighted by Gasteiger charge is -2.09. The first kappa shape index (κ1) is 20.1. The molecular formula is C21H14F3N5O2S. The van der Waals surface area contributed by atoms with Gasteiger partial charge in [0.15, 0.2) is 0 Å². The van der Waals surface area contributed by atoms with E-state index in [1.807, 2.05) is 0 Å². The van der Waals surface area contributed by atoms with Crippen LogP contribution in [0.3, 0.4) is 0 Å². The number of imidazole rings is 1. The van der Waals surface area contributed by atoms with E-state index >= 15 is 0 Å². The molecule has 5 aromatic rings. The number of aromatic nitrogens is 4. The number of thiophene rings is 1. The van der Waals surface area contributed by atoms with Crippen LogP contribution in [-0.2, 0) is 6.18 Å². The van der Waals surface area contributed by atoms with E-state index in [-0.39, 0.29) is 17.3 Å². The topological polar surface area (TPSA) is 95.6 Å². The Hall–Kier alpha value is -3.86. The lowest BCUT2D eigenvalue weighted by atomic mass is 10.2. The molecule has 0 spiro atoms.